The lowest BCUT2D eigenvalue weighted by Gasteiger charge is -2.30. The van der Waals surface area contributed by atoms with Crippen LogP contribution in [0.5, 0.6) is 5.75 Å². The molecule has 1 aromatic rings. The van der Waals surface area contributed by atoms with E-state index in [1.54, 1.807) is 4.90 Å². The van der Waals surface area contributed by atoms with Gasteiger partial charge in [0, 0.05) is 38.3 Å². The van der Waals surface area contributed by atoms with Gasteiger partial charge in [0.25, 0.3) is 0 Å². The number of para-hydroxylation sites is 1. The summed E-state index contributed by atoms with van der Waals surface area (Å²) >= 11 is 0. The van der Waals surface area contributed by atoms with Crippen molar-refractivity contribution >= 4 is 0 Å². The highest BCUT2D eigenvalue weighted by Gasteiger charge is 2.28. The normalized spacial score (nSPS) is 17.5. The van der Waals surface area contributed by atoms with Gasteiger partial charge in [-0.3, -0.25) is 4.90 Å². The van der Waals surface area contributed by atoms with Crippen LogP contribution in [-0.2, 0) is 6.54 Å². The Kier molecular flexibility index (Phi) is 4.51. The summed E-state index contributed by atoms with van der Waals surface area (Å²) < 4.78 is 6.11. The third-order valence-electron chi connectivity index (χ3n) is 3.57. The van der Waals surface area contributed by atoms with Crippen LogP contribution in [0.25, 0.3) is 0 Å². The highest BCUT2D eigenvalue weighted by molar-refractivity contribution is 5.34. The molecule has 0 spiro atoms. The molecule has 1 aliphatic heterocycles. The average molecular weight is 273 g/mol. The zero-order chi connectivity index (χ0) is 14.6. The van der Waals surface area contributed by atoms with Crippen molar-refractivity contribution in [3.8, 4) is 11.9 Å². The summed E-state index contributed by atoms with van der Waals surface area (Å²) in [5.74, 6) is 0.979. The van der Waals surface area contributed by atoms with E-state index in [-0.39, 0.29) is 5.60 Å². The maximum absolute atomic E-state index is 9.00. The molecular formula is C16H23N3O. The second-order valence-electron chi connectivity index (χ2n) is 5.86. The molecule has 0 aliphatic carbocycles. The van der Waals surface area contributed by atoms with E-state index >= 15 is 0 Å². The van der Waals surface area contributed by atoms with Crippen molar-refractivity contribution in [2.24, 2.45) is 0 Å². The molecule has 0 bridgehead atoms. The molecule has 108 valence electrons. The van der Waals surface area contributed by atoms with E-state index in [1.807, 2.05) is 25.1 Å². The van der Waals surface area contributed by atoms with Gasteiger partial charge in [-0.05, 0) is 26.8 Å². The fourth-order valence-corrected chi connectivity index (χ4v) is 2.60. The Morgan fingerprint density at radius 2 is 2.15 bits per heavy atom. The first-order valence-corrected chi connectivity index (χ1v) is 7.18. The third kappa shape index (κ3) is 3.64. The van der Waals surface area contributed by atoms with Gasteiger partial charge in [0.05, 0.1) is 0 Å². The quantitative estimate of drug-likeness (QED) is 0.624. The van der Waals surface area contributed by atoms with Crippen molar-refractivity contribution < 1.29 is 4.74 Å². The molecule has 20 heavy (non-hydrogen) atoms. The topological polar surface area (TPSA) is 39.5 Å². The predicted molar refractivity (Wildman–Crippen MR) is 79.3 cm³/mol. The van der Waals surface area contributed by atoms with Gasteiger partial charge >= 0.3 is 0 Å². The number of ether oxygens (including phenoxy) is 1. The Bertz CT molecular complexity index is 493. The molecule has 4 nitrogen and oxygen atoms in total. The lowest BCUT2D eigenvalue weighted by molar-refractivity contribution is 0.0689. The van der Waals surface area contributed by atoms with E-state index in [4.69, 9.17) is 10.00 Å². The smallest absolute Gasteiger partial charge is 0.179 e. The summed E-state index contributed by atoms with van der Waals surface area (Å²) in [6.45, 7) is 10.4. The Morgan fingerprint density at radius 1 is 1.40 bits per heavy atom. The van der Waals surface area contributed by atoms with Crippen molar-refractivity contribution in [1.29, 1.82) is 5.26 Å². The molecule has 1 aromatic carbocycles. The van der Waals surface area contributed by atoms with E-state index in [1.165, 1.54) is 5.56 Å². The Labute approximate surface area is 121 Å². The number of likely N-dealkylation sites (N-methyl/N-ethyl adjacent to an activating group) is 1. The van der Waals surface area contributed by atoms with Crippen LogP contribution in [0.2, 0.25) is 0 Å². The number of rotatable bonds is 4. The van der Waals surface area contributed by atoms with E-state index in [0.29, 0.717) is 0 Å². The average Bonchev–Trinajstić information content (AvgIpc) is 2.54. The van der Waals surface area contributed by atoms with Crippen LogP contribution < -0.4 is 4.74 Å². The van der Waals surface area contributed by atoms with Gasteiger partial charge in [-0.15, -0.1) is 0 Å². The van der Waals surface area contributed by atoms with Crippen LogP contribution in [0, 0.1) is 11.5 Å². The van der Waals surface area contributed by atoms with Crippen molar-refractivity contribution in [3.63, 3.8) is 0 Å². The Morgan fingerprint density at radius 3 is 2.85 bits per heavy atom. The fourth-order valence-electron chi connectivity index (χ4n) is 2.60. The minimum absolute atomic E-state index is 0.212. The van der Waals surface area contributed by atoms with E-state index in [0.717, 1.165) is 38.5 Å². The molecular weight excluding hydrogens is 250 g/mol. The highest BCUT2D eigenvalue weighted by Crippen LogP contribution is 2.28. The number of benzene rings is 1. The summed E-state index contributed by atoms with van der Waals surface area (Å²) in [5.41, 5.74) is 1.01. The molecule has 0 aromatic heterocycles. The molecule has 4 heteroatoms. The summed E-state index contributed by atoms with van der Waals surface area (Å²) in [7, 11) is 0. The minimum atomic E-state index is -0.212. The van der Waals surface area contributed by atoms with Crippen LogP contribution in [-0.4, -0.2) is 41.6 Å². The zero-order valence-electron chi connectivity index (χ0n) is 12.6. The molecule has 0 amide bonds. The summed E-state index contributed by atoms with van der Waals surface area (Å²) in [5, 5.41) is 9.00. The van der Waals surface area contributed by atoms with Crippen molar-refractivity contribution in [1.82, 2.24) is 9.80 Å². The monoisotopic (exact) mass is 273 g/mol. The number of fused-ring (bicyclic) bond motifs is 1. The standard InChI is InChI=1S/C16H23N3O/c1-4-18(13-17)9-10-19-11-14-7-5-6-8-15(14)20-16(2,3)12-19/h5-8H,4,9-12H2,1-3H3. The largest absolute Gasteiger partial charge is 0.486 e. The van der Waals surface area contributed by atoms with Crippen molar-refractivity contribution in [3.05, 3.63) is 29.8 Å². The van der Waals surface area contributed by atoms with Crippen molar-refractivity contribution in [2.45, 2.75) is 32.9 Å². The zero-order valence-corrected chi connectivity index (χ0v) is 12.6. The Hall–Kier alpha value is -1.73. The second-order valence-corrected chi connectivity index (χ2v) is 5.86. The highest BCUT2D eigenvalue weighted by atomic mass is 16.5. The first-order valence-electron chi connectivity index (χ1n) is 7.18. The molecule has 0 atom stereocenters. The van der Waals surface area contributed by atoms with Gasteiger partial charge in [-0.25, -0.2) is 0 Å². The van der Waals surface area contributed by atoms with Gasteiger partial charge in [-0.2, -0.15) is 5.26 Å². The number of nitrogens with zero attached hydrogens (tertiary/aromatic N) is 3. The molecule has 1 aliphatic rings. The van der Waals surface area contributed by atoms with E-state index in [9.17, 15) is 0 Å². The number of nitriles is 1. The molecule has 0 unspecified atom stereocenters. The van der Waals surface area contributed by atoms with Gasteiger partial charge in [0.15, 0.2) is 6.19 Å². The molecule has 0 fully saturated rings. The van der Waals surface area contributed by atoms with Gasteiger partial charge in [0.2, 0.25) is 0 Å². The van der Waals surface area contributed by atoms with Crippen LogP contribution >= 0.6 is 0 Å². The SMILES string of the molecule is CCN(C#N)CCN1Cc2ccccc2OC(C)(C)C1. The minimum Gasteiger partial charge on any atom is -0.486 e. The van der Waals surface area contributed by atoms with E-state index < -0.39 is 0 Å². The van der Waals surface area contributed by atoms with Crippen molar-refractivity contribution in [2.75, 3.05) is 26.2 Å². The number of hydrogen-bond donors (Lipinski definition) is 0. The first kappa shape index (κ1) is 14.7. The molecule has 0 N–H and O–H groups in total. The number of hydrogen-bond acceptors (Lipinski definition) is 4. The fraction of sp³-hybridized carbons (Fsp3) is 0.562. The maximum Gasteiger partial charge on any atom is 0.179 e. The Balaban J connectivity index is 2.09. The van der Waals surface area contributed by atoms with Crippen LogP contribution in [0.1, 0.15) is 26.3 Å². The predicted octanol–water partition coefficient (Wildman–Crippen LogP) is 2.46. The van der Waals surface area contributed by atoms with Gasteiger partial charge < -0.3 is 9.64 Å². The molecule has 0 saturated heterocycles. The van der Waals surface area contributed by atoms with E-state index in [2.05, 4.69) is 31.0 Å². The molecule has 1 heterocycles. The lowest BCUT2D eigenvalue weighted by Crippen LogP contribution is -2.42. The summed E-state index contributed by atoms with van der Waals surface area (Å²) in [6.07, 6.45) is 2.22. The molecule has 0 saturated carbocycles. The summed E-state index contributed by atoms with van der Waals surface area (Å²) in [6, 6.07) is 8.21. The molecule has 0 radical (unpaired) electrons. The van der Waals surface area contributed by atoms with Crippen LogP contribution in [0.4, 0.5) is 0 Å². The second kappa shape index (κ2) is 6.15. The lowest BCUT2D eigenvalue weighted by atomic mass is 10.1. The third-order valence-corrected chi connectivity index (χ3v) is 3.57. The molecule has 2 rings (SSSR count). The van der Waals surface area contributed by atoms with Crippen LogP contribution in [0.15, 0.2) is 24.3 Å². The van der Waals surface area contributed by atoms with Crippen LogP contribution in [0.3, 0.4) is 0 Å². The van der Waals surface area contributed by atoms with Gasteiger partial charge in [0.1, 0.15) is 11.4 Å². The maximum atomic E-state index is 9.00. The summed E-state index contributed by atoms with van der Waals surface area (Å²) in [4.78, 5) is 4.15. The van der Waals surface area contributed by atoms with Gasteiger partial charge in [-0.1, -0.05) is 18.2 Å². The first-order chi connectivity index (χ1) is 9.54.